The molecule has 0 aliphatic carbocycles. The number of nitro groups is 1. The number of aromatic nitrogens is 1. The highest BCUT2D eigenvalue weighted by Crippen LogP contribution is 2.22. The van der Waals surface area contributed by atoms with Crippen molar-refractivity contribution in [2.24, 2.45) is 4.99 Å². The Morgan fingerprint density at radius 3 is 2.68 bits per heavy atom. The lowest BCUT2D eigenvalue weighted by Crippen LogP contribution is -2.23. The Morgan fingerprint density at radius 2 is 1.96 bits per heavy atom. The summed E-state index contributed by atoms with van der Waals surface area (Å²) in [7, 11) is 0. The highest BCUT2D eigenvalue weighted by molar-refractivity contribution is 7.16. The molecule has 0 unspecified atom stereocenters. The molecule has 0 radical (unpaired) electrons. The number of fused-ring (bicyclic) bond motifs is 1. The molecule has 1 amide bonds. The normalized spacial score (nSPS) is 11.6. The van der Waals surface area contributed by atoms with E-state index >= 15 is 0 Å². The first-order chi connectivity index (χ1) is 13.4. The topological polar surface area (TPSA) is 104 Å². The SMILES string of the molecule is CCOC(=O)Cn1c(=NC(=O)c2cccc([N+](=O)[O-])c2C)sc2ccccc21. The molecule has 0 fully saturated rings. The summed E-state index contributed by atoms with van der Waals surface area (Å²) in [5, 5.41) is 11.1. The Morgan fingerprint density at radius 1 is 1.21 bits per heavy atom. The Kier molecular flexibility index (Phi) is 5.65. The van der Waals surface area contributed by atoms with Crippen LogP contribution in [0.4, 0.5) is 5.69 Å². The maximum atomic E-state index is 12.7. The van der Waals surface area contributed by atoms with Crippen molar-refractivity contribution in [2.75, 3.05) is 6.61 Å². The van der Waals surface area contributed by atoms with Gasteiger partial charge in [-0.05, 0) is 32.0 Å². The number of benzene rings is 2. The molecule has 1 aromatic heterocycles. The van der Waals surface area contributed by atoms with Crippen molar-refractivity contribution in [3.8, 4) is 0 Å². The molecule has 1 heterocycles. The molecule has 0 bridgehead atoms. The molecule has 9 heteroatoms. The number of thiazole rings is 1. The van der Waals surface area contributed by atoms with Gasteiger partial charge in [-0.25, -0.2) is 0 Å². The minimum atomic E-state index is -0.606. The van der Waals surface area contributed by atoms with Gasteiger partial charge < -0.3 is 9.30 Å². The summed E-state index contributed by atoms with van der Waals surface area (Å²) in [5.74, 6) is -1.04. The van der Waals surface area contributed by atoms with Crippen molar-refractivity contribution in [1.29, 1.82) is 0 Å². The van der Waals surface area contributed by atoms with E-state index in [9.17, 15) is 19.7 Å². The molecule has 0 saturated heterocycles. The maximum absolute atomic E-state index is 12.7. The molecule has 3 aromatic rings. The van der Waals surface area contributed by atoms with Crippen LogP contribution in [-0.4, -0.2) is 28.0 Å². The first-order valence-corrected chi connectivity index (χ1v) is 9.31. The van der Waals surface area contributed by atoms with Gasteiger partial charge in [-0.2, -0.15) is 4.99 Å². The molecule has 0 aliphatic heterocycles. The molecule has 0 atom stereocenters. The molecule has 0 spiro atoms. The monoisotopic (exact) mass is 399 g/mol. The van der Waals surface area contributed by atoms with Gasteiger partial charge in [0.2, 0.25) is 0 Å². The van der Waals surface area contributed by atoms with Crippen molar-refractivity contribution < 1.29 is 19.2 Å². The molecule has 28 heavy (non-hydrogen) atoms. The van der Waals surface area contributed by atoms with Gasteiger partial charge in [0.05, 0.1) is 27.3 Å². The number of para-hydroxylation sites is 1. The van der Waals surface area contributed by atoms with Crippen LogP contribution in [0.25, 0.3) is 10.2 Å². The molecule has 0 saturated carbocycles. The Hall–Kier alpha value is -3.33. The first-order valence-electron chi connectivity index (χ1n) is 8.49. The second-order valence-electron chi connectivity index (χ2n) is 5.87. The number of hydrogen-bond acceptors (Lipinski definition) is 6. The van der Waals surface area contributed by atoms with Crippen LogP contribution >= 0.6 is 11.3 Å². The number of nitrogens with zero attached hydrogens (tertiary/aromatic N) is 3. The van der Waals surface area contributed by atoms with E-state index in [2.05, 4.69) is 4.99 Å². The number of carbonyl (C=O) groups is 2. The summed E-state index contributed by atoms with van der Waals surface area (Å²) in [6, 6.07) is 11.7. The highest BCUT2D eigenvalue weighted by atomic mass is 32.1. The number of carbonyl (C=O) groups excluding carboxylic acids is 2. The lowest BCUT2D eigenvalue weighted by atomic mass is 10.1. The first kappa shape index (κ1) is 19.4. The van der Waals surface area contributed by atoms with Gasteiger partial charge >= 0.3 is 5.97 Å². The summed E-state index contributed by atoms with van der Waals surface area (Å²) in [6.45, 7) is 3.39. The van der Waals surface area contributed by atoms with E-state index in [-0.39, 0.29) is 30.0 Å². The van der Waals surface area contributed by atoms with E-state index < -0.39 is 16.8 Å². The summed E-state index contributed by atoms with van der Waals surface area (Å²) < 4.78 is 7.48. The van der Waals surface area contributed by atoms with E-state index in [1.807, 2.05) is 24.3 Å². The summed E-state index contributed by atoms with van der Waals surface area (Å²) >= 11 is 1.26. The van der Waals surface area contributed by atoms with Crippen LogP contribution in [0.1, 0.15) is 22.8 Å². The summed E-state index contributed by atoms with van der Waals surface area (Å²) in [4.78, 5) is 39.8. The van der Waals surface area contributed by atoms with E-state index in [1.54, 1.807) is 11.5 Å². The van der Waals surface area contributed by atoms with Gasteiger partial charge in [-0.15, -0.1) is 0 Å². The summed E-state index contributed by atoms with van der Waals surface area (Å²) in [6.07, 6.45) is 0. The third-order valence-corrected chi connectivity index (χ3v) is 5.17. The van der Waals surface area contributed by atoms with Crippen molar-refractivity contribution in [3.05, 3.63) is 68.5 Å². The van der Waals surface area contributed by atoms with E-state index in [4.69, 9.17) is 4.74 Å². The lowest BCUT2D eigenvalue weighted by molar-refractivity contribution is -0.385. The van der Waals surface area contributed by atoms with Crippen LogP contribution < -0.4 is 4.80 Å². The molecule has 2 aromatic carbocycles. The fourth-order valence-electron chi connectivity index (χ4n) is 2.79. The van der Waals surface area contributed by atoms with E-state index in [0.717, 1.165) is 10.2 Å². The average molecular weight is 399 g/mol. The second-order valence-corrected chi connectivity index (χ2v) is 6.88. The zero-order valence-electron chi connectivity index (χ0n) is 15.2. The van der Waals surface area contributed by atoms with E-state index in [0.29, 0.717) is 4.80 Å². The van der Waals surface area contributed by atoms with Crippen LogP contribution in [0.15, 0.2) is 47.5 Å². The minimum absolute atomic E-state index is 0.0854. The van der Waals surface area contributed by atoms with Crippen molar-refractivity contribution in [1.82, 2.24) is 4.57 Å². The molecular weight excluding hydrogens is 382 g/mol. The van der Waals surface area contributed by atoms with Gasteiger partial charge in [0.25, 0.3) is 11.6 Å². The third-order valence-electron chi connectivity index (χ3n) is 4.11. The number of amides is 1. The molecule has 0 aliphatic rings. The molecular formula is C19H17N3O5S. The number of rotatable bonds is 5. The van der Waals surface area contributed by atoms with E-state index in [1.165, 1.54) is 36.5 Å². The minimum Gasteiger partial charge on any atom is -0.465 e. The average Bonchev–Trinajstić information content (AvgIpc) is 2.99. The second kappa shape index (κ2) is 8.13. The Bertz CT molecular complexity index is 1150. The predicted molar refractivity (Wildman–Crippen MR) is 104 cm³/mol. The van der Waals surface area contributed by atoms with Crippen LogP contribution in [0.3, 0.4) is 0 Å². The van der Waals surface area contributed by atoms with Crippen molar-refractivity contribution >= 4 is 39.1 Å². The van der Waals surface area contributed by atoms with Gasteiger partial charge in [0.1, 0.15) is 6.54 Å². The quantitative estimate of drug-likeness (QED) is 0.372. The van der Waals surface area contributed by atoms with Crippen molar-refractivity contribution in [2.45, 2.75) is 20.4 Å². The van der Waals surface area contributed by atoms with Crippen LogP contribution in [0.2, 0.25) is 0 Å². The van der Waals surface area contributed by atoms with Crippen molar-refractivity contribution in [3.63, 3.8) is 0 Å². The lowest BCUT2D eigenvalue weighted by Gasteiger charge is -2.05. The highest BCUT2D eigenvalue weighted by Gasteiger charge is 2.18. The van der Waals surface area contributed by atoms with Crippen LogP contribution in [0, 0.1) is 17.0 Å². The smallest absolute Gasteiger partial charge is 0.326 e. The number of hydrogen-bond donors (Lipinski definition) is 0. The predicted octanol–water partition coefficient (Wildman–Crippen LogP) is 3.22. The number of nitro benzene ring substituents is 1. The van der Waals surface area contributed by atoms with Gasteiger partial charge in [0.15, 0.2) is 4.80 Å². The zero-order chi connectivity index (χ0) is 20.3. The van der Waals surface area contributed by atoms with Crippen LogP contribution in [-0.2, 0) is 16.1 Å². The maximum Gasteiger partial charge on any atom is 0.326 e. The van der Waals surface area contributed by atoms with Gasteiger partial charge in [-0.1, -0.05) is 29.5 Å². The Labute approximate surface area is 163 Å². The zero-order valence-corrected chi connectivity index (χ0v) is 16.1. The van der Waals surface area contributed by atoms with Gasteiger partial charge in [0, 0.05) is 11.6 Å². The summed E-state index contributed by atoms with van der Waals surface area (Å²) in [5.41, 5.74) is 1.01. The fourth-order valence-corrected chi connectivity index (χ4v) is 3.82. The van der Waals surface area contributed by atoms with Crippen LogP contribution in [0.5, 0.6) is 0 Å². The molecule has 0 N–H and O–H groups in total. The van der Waals surface area contributed by atoms with Gasteiger partial charge in [-0.3, -0.25) is 19.7 Å². The largest absolute Gasteiger partial charge is 0.465 e. The number of ether oxygens (including phenoxy) is 1. The molecule has 144 valence electrons. The third kappa shape index (κ3) is 3.84. The standard InChI is InChI=1S/C19H17N3O5S/c1-3-27-17(23)11-21-15-8-4-5-10-16(15)28-19(21)20-18(24)13-7-6-9-14(12(13)2)22(25)26/h4-10H,3,11H2,1-2H3. The fraction of sp³-hybridized carbons (Fsp3) is 0.211. The molecule has 8 nitrogen and oxygen atoms in total. The Balaban J connectivity index is 2.11. The number of esters is 1. The molecule has 3 rings (SSSR count).